The number of hydrogen-bond donors (Lipinski definition) is 0. The van der Waals surface area contributed by atoms with Crippen molar-refractivity contribution in [1.82, 2.24) is 0 Å². The maximum atomic E-state index is 11.9. The van der Waals surface area contributed by atoms with E-state index >= 15 is 0 Å². The molecule has 0 rings (SSSR count). The number of hydrogen-bond acceptors (Lipinski definition) is 3. The highest BCUT2D eigenvalue weighted by molar-refractivity contribution is 7.87. The molecule has 3 nitrogen and oxygen atoms in total. The first-order valence-corrected chi connectivity index (χ1v) is 14.6. The van der Waals surface area contributed by atoms with Crippen molar-refractivity contribution in [3.8, 4) is 0 Å². The summed E-state index contributed by atoms with van der Waals surface area (Å²) >= 11 is 0. The summed E-state index contributed by atoms with van der Waals surface area (Å²) in [6, 6.07) is 3.08. The zero-order valence-corrected chi connectivity index (χ0v) is 18.6. The van der Waals surface area contributed by atoms with Gasteiger partial charge in [-0.2, -0.15) is 0 Å². The van der Waals surface area contributed by atoms with Gasteiger partial charge in [-0.05, 0) is 18.1 Å². The molecule has 0 amide bonds. The molecule has 0 N–H and O–H groups in total. The van der Waals surface area contributed by atoms with Gasteiger partial charge in [-0.25, -0.2) is 8.42 Å². The van der Waals surface area contributed by atoms with Crippen LogP contribution in [0.25, 0.3) is 0 Å². The van der Waals surface area contributed by atoms with E-state index in [0.29, 0.717) is 0 Å². The fraction of sp³-hybridized carbons (Fsp3) is 1.00. The third kappa shape index (κ3) is 13.4. The topological polar surface area (TPSA) is 43.4 Å². The molecule has 24 heavy (non-hydrogen) atoms. The van der Waals surface area contributed by atoms with Crippen molar-refractivity contribution < 1.29 is 12.3 Å². The molecular weight excluding hydrogens is 336 g/mol. The molecule has 0 unspecified atom stereocenters. The van der Waals surface area contributed by atoms with Crippen LogP contribution in [0.15, 0.2) is 0 Å². The summed E-state index contributed by atoms with van der Waals surface area (Å²) in [5.41, 5.74) is 0. The van der Waals surface area contributed by atoms with E-state index in [1.165, 1.54) is 64.0 Å². The third-order valence-electron chi connectivity index (χ3n) is 4.79. The minimum atomic E-state index is -3.35. The summed E-state index contributed by atoms with van der Waals surface area (Å²) in [5.74, 6) is 0. The van der Waals surface area contributed by atoms with Crippen LogP contribution in [-0.2, 0) is 14.0 Å². The van der Waals surface area contributed by atoms with E-state index in [2.05, 4.69) is 20.8 Å². The molecule has 0 aromatic rings. The summed E-state index contributed by atoms with van der Waals surface area (Å²) < 4.78 is 29.7. The summed E-state index contributed by atoms with van der Waals surface area (Å²) in [5, 5.41) is 0. The predicted molar refractivity (Wildman–Crippen MR) is 109 cm³/mol. The van der Waals surface area contributed by atoms with Crippen LogP contribution < -0.4 is 0 Å². The van der Waals surface area contributed by atoms with E-state index in [4.69, 9.17) is 3.87 Å². The van der Waals surface area contributed by atoms with Crippen LogP contribution in [0.4, 0.5) is 0 Å². The zero-order chi connectivity index (χ0) is 18.3. The maximum absolute atomic E-state index is 11.9. The van der Waals surface area contributed by atoms with Crippen molar-refractivity contribution in [2.75, 3.05) is 6.26 Å². The molecule has 0 aliphatic rings. The standard InChI is InChI=1S/C19H42O3SSi/c1-5-8-11-14-17-24(22-23(4,20)21,18-15-12-9-6-2)19-16-13-10-7-3/h5-19H2,1-4H3. The summed E-state index contributed by atoms with van der Waals surface area (Å²) in [6.45, 7) is 6.65. The van der Waals surface area contributed by atoms with Crippen LogP contribution >= 0.6 is 0 Å². The Morgan fingerprint density at radius 3 is 1.21 bits per heavy atom. The molecule has 0 fully saturated rings. The van der Waals surface area contributed by atoms with E-state index in [0.717, 1.165) is 37.4 Å². The first kappa shape index (κ1) is 24.1. The molecule has 146 valence electrons. The van der Waals surface area contributed by atoms with Gasteiger partial charge in [0.2, 0.25) is 8.32 Å². The lowest BCUT2D eigenvalue weighted by Crippen LogP contribution is -2.40. The largest absolute Gasteiger partial charge is 0.315 e. The minimum absolute atomic E-state index is 1.03. The second-order valence-electron chi connectivity index (χ2n) is 7.40. The fourth-order valence-electron chi connectivity index (χ4n) is 3.44. The Labute approximate surface area is 153 Å². The van der Waals surface area contributed by atoms with Crippen LogP contribution in [0.5, 0.6) is 0 Å². The Balaban J connectivity index is 4.85. The van der Waals surface area contributed by atoms with Crippen molar-refractivity contribution in [1.29, 1.82) is 0 Å². The normalized spacial score (nSPS) is 12.7. The maximum Gasteiger partial charge on any atom is 0.254 e. The van der Waals surface area contributed by atoms with E-state index in [9.17, 15) is 8.42 Å². The molecule has 0 saturated carbocycles. The molecule has 0 spiro atoms. The van der Waals surface area contributed by atoms with Gasteiger partial charge in [-0.15, -0.1) is 0 Å². The molecule has 5 heteroatoms. The monoisotopic (exact) mass is 378 g/mol. The Kier molecular flexibility index (Phi) is 14.4. The van der Waals surface area contributed by atoms with Gasteiger partial charge >= 0.3 is 0 Å². The molecule has 0 radical (unpaired) electrons. The van der Waals surface area contributed by atoms with Crippen LogP contribution in [0.3, 0.4) is 0 Å². The van der Waals surface area contributed by atoms with Crippen molar-refractivity contribution in [2.24, 2.45) is 0 Å². The van der Waals surface area contributed by atoms with Crippen molar-refractivity contribution in [3.63, 3.8) is 0 Å². The summed E-state index contributed by atoms with van der Waals surface area (Å²) in [6.07, 6.45) is 15.7. The smallest absolute Gasteiger partial charge is 0.254 e. The van der Waals surface area contributed by atoms with Crippen LogP contribution in [0, 0.1) is 0 Å². The van der Waals surface area contributed by atoms with Crippen LogP contribution in [0.2, 0.25) is 18.1 Å². The van der Waals surface area contributed by atoms with Crippen molar-refractivity contribution in [2.45, 2.75) is 116 Å². The predicted octanol–water partition coefficient (Wildman–Crippen LogP) is 6.65. The van der Waals surface area contributed by atoms with Gasteiger partial charge in [-0.1, -0.05) is 97.8 Å². The second kappa shape index (κ2) is 14.3. The summed E-state index contributed by atoms with van der Waals surface area (Å²) in [7, 11) is -5.52. The minimum Gasteiger partial charge on any atom is -0.315 e. The fourth-order valence-corrected chi connectivity index (χ4v) is 10.4. The zero-order valence-electron chi connectivity index (χ0n) is 16.7. The average molecular weight is 379 g/mol. The van der Waals surface area contributed by atoms with E-state index < -0.39 is 18.4 Å². The first-order valence-electron chi connectivity index (χ1n) is 10.3. The molecule has 0 saturated heterocycles. The van der Waals surface area contributed by atoms with Crippen molar-refractivity contribution >= 4 is 18.4 Å². The van der Waals surface area contributed by atoms with Crippen molar-refractivity contribution in [3.05, 3.63) is 0 Å². The summed E-state index contributed by atoms with van der Waals surface area (Å²) in [4.78, 5) is 0. The molecule has 0 aliphatic carbocycles. The van der Waals surface area contributed by atoms with E-state index in [1.807, 2.05) is 0 Å². The lowest BCUT2D eigenvalue weighted by atomic mass is 10.2. The molecule has 0 aromatic heterocycles. The molecule has 0 atom stereocenters. The quantitative estimate of drug-likeness (QED) is 0.210. The number of unbranched alkanes of at least 4 members (excludes halogenated alkanes) is 9. The van der Waals surface area contributed by atoms with Crippen LogP contribution in [0.1, 0.15) is 97.8 Å². The van der Waals surface area contributed by atoms with Gasteiger partial charge < -0.3 is 3.87 Å². The van der Waals surface area contributed by atoms with Gasteiger partial charge in [0.1, 0.15) is 0 Å². The van der Waals surface area contributed by atoms with Gasteiger partial charge in [-0.3, -0.25) is 0 Å². The Bertz CT molecular complexity index is 351. The molecule has 0 aliphatic heterocycles. The molecule has 0 heterocycles. The highest BCUT2D eigenvalue weighted by Gasteiger charge is 2.37. The Morgan fingerprint density at radius 2 is 0.958 bits per heavy atom. The average Bonchev–Trinajstić information content (AvgIpc) is 2.51. The molecular formula is C19H42O3SSi. The van der Waals surface area contributed by atoms with E-state index in [-0.39, 0.29) is 0 Å². The molecule has 0 bridgehead atoms. The second-order valence-corrected chi connectivity index (χ2v) is 13.3. The lowest BCUT2D eigenvalue weighted by molar-refractivity contribution is 0.468. The van der Waals surface area contributed by atoms with Gasteiger partial charge in [0, 0.05) is 0 Å². The first-order chi connectivity index (χ1) is 11.4. The highest BCUT2D eigenvalue weighted by Crippen LogP contribution is 2.32. The Hall–Kier alpha value is 0.127. The number of rotatable bonds is 17. The Morgan fingerprint density at radius 1 is 0.625 bits per heavy atom. The molecule has 0 aromatic carbocycles. The van der Waals surface area contributed by atoms with Crippen LogP contribution in [-0.4, -0.2) is 23.0 Å². The van der Waals surface area contributed by atoms with Gasteiger partial charge in [0.15, 0.2) is 0 Å². The van der Waals surface area contributed by atoms with E-state index in [1.54, 1.807) is 0 Å². The third-order valence-corrected chi connectivity index (χ3v) is 11.2. The van der Waals surface area contributed by atoms with Gasteiger partial charge in [0.05, 0.1) is 6.26 Å². The SMILES string of the molecule is CCCCCC[Si](CCCCCC)(CCCCCC)OS(C)(=O)=O. The highest BCUT2D eigenvalue weighted by atomic mass is 32.2. The lowest BCUT2D eigenvalue weighted by Gasteiger charge is -2.30. The van der Waals surface area contributed by atoms with Gasteiger partial charge in [0.25, 0.3) is 10.1 Å².